The van der Waals surface area contributed by atoms with E-state index in [1.165, 1.54) is 51.4 Å². The minimum Gasteiger partial charge on any atom is -0.497 e. The summed E-state index contributed by atoms with van der Waals surface area (Å²) in [6.45, 7) is 15.5. The largest absolute Gasteiger partial charge is 0.497 e. The highest BCUT2D eigenvalue weighted by Gasteiger charge is 2.45. The second-order valence-corrected chi connectivity index (χ2v) is 20.2. The molecule has 4 aromatic rings. The van der Waals surface area contributed by atoms with Crippen LogP contribution in [0.2, 0.25) is 0 Å². The van der Waals surface area contributed by atoms with Crippen LogP contribution in [0.15, 0.2) is 150 Å². The molecule has 4 rings (SSSR count). The lowest BCUT2D eigenvalue weighted by atomic mass is 9.87. The first kappa shape index (κ1) is 48.2. The van der Waals surface area contributed by atoms with Gasteiger partial charge in [0.25, 0.3) is 8.32 Å². The van der Waals surface area contributed by atoms with Crippen molar-refractivity contribution >= 4 is 29.8 Å². The average molecular weight is 829 g/mol. The first-order valence-corrected chi connectivity index (χ1v) is 24.3. The highest BCUT2D eigenvalue weighted by molar-refractivity contribution is 7.07. The Morgan fingerprint density at radius 1 is 0.667 bits per heavy atom. The van der Waals surface area contributed by atoms with Crippen molar-refractivity contribution in [3.8, 4) is 5.75 Å². The number of allylic oxidation sites excluding steroid dienone is 2. The lowest BCUT2D eigenvalue weighted by Crippen LogP contribution is -2.70. The van der Waals surface area contributed by atoms with E-state index in [9.17, 15) is 9.90 Å². The van der Waals surface area contributed by atoms with Gasteiger partial charge in [0.2, 0.25) is 0 Å². The van der Waals surface area contributed by atoms with Crippen molar-refractivity contribution in [3.05, 3.63) is 156 Å². The summed E-state index contributed by atoms with van der Waals surface area (Å²) in [5.74, 6) is 0.203. The summed E-state index contributed by atoms with van der Waals surface area (Å²) in [4.78, 5) is 12.2. The predicted octanol–water partition coefficient (Wildman–Crippen LogP) is 12.0. The van der Waals surface area contributed by atoms with Gasteiger partial charge in [0.1, 0.15) is 5.75 Å². The molecule has 0 bridgehead atoms. The molecule has 0 aliphatic rings. The van der Waals surface area contributed by atoms with Crippen molar-refractivity contribution in [1.29, 1.82) is 0 Å². The van der Waals surface area contributed by atoms with Crippen molar-refractivity contribution in [3.63, 3.8) is 0 Å². The van der Waals surface area contributed by atoms with Gasteiger partial charge >= 0.3 is 5.97 Å². The fourth-order valence-electron chi connectivity index (χ4n) is 8.59. The van der Waals surface area contributed by atoms with Gasteiger partial charge in [0, 0.05) is 17.4 Å². The molecule has 0 heterocycles. The van der Waals surface area contributed by atoms with Gasteiger partial charge in [0.05, 0.1) is 25.9 Å². The number of ether oxygens (including phenoxy) is 2. The first-order valence-electron chi connectivity index (χ1n) is 22.4. The zero-order valence-corrected chi connectivity index (χ0v) is 38.7. The molecule has 0 saturated heterocycles. The molecule has 0 spiro atoms. The molecule has 0 amide bonds. The lowest BCUT2D eigenvalue weighted by molar-refractivity contribution is -0.132. The van der Waals surface area contributed by atoms with Gasteiger partial charge in [-0.05, 0) is 71.9 Å². The van der Waals surface area contributed by atoms with Crippen LogP contribution < -0.4 is 20.3 Å². The number of rotatable bonds is 26. The van der Waals surface area contributed by atoms with E-state index in [-0.39, 0.29) is 17.9 Å². The van der Waals surface area contributed by atoms with E-state index in [0.717, 1.165) is 44.4 Å². The summed E-state index contributed by atoms with van der Waals surface area (Å²) in [5.41, 5.74) is 3.60. The number of carbonyl (C=O) groups is 1. The summed E-state index contributed by atoms with van der Waals surface area (Å²) in [6.07, 6.45) is 17.6. The Labute approximate surface area is 363 Å². The standard InChI is InChI=1S/C54H72O5Si/c1-9-10-11-12-13-14-15-19-26-42(3)52(58-40-47-33-35-48(57-8)36-34-47)43(4)37-41(2)38-44(5)53(45(6)39-46(7)54(55)56)59-60(49-27-20-16-21-28-49,50-29-22-17-23-30-50)51-31-24-18-25-32-51/h16-18,20-25,27-39,42-43,45,52-53H,9-15,19,26,40H2,1-8H3,(H,55,56)/b41-37+,44-38+,46-39+/t42-,43-,45+,52+,53-/m0/s1. The van der Waals surface area contributed by atoms with Crippen molar-refractivity contribution in [2.75, 3.05) is 7.11 Å². The molecule has 4 aromatic carbocycles. The predicted molar refractivity (Wildman–Crippen MR) is 254 cm³/mol. The van der Waals surface area contributed by atoms with E-state index in [1.54, 1.807) is 14.0 Å². The Morgan fingerprint density at radius 2 is 1.17 bits per heavy atom. The monoisotopic (exact) mass is 829 g/mol. The number of methoxy groups -OCH3 is 1. The van der Waals surface area contributed by atoms with Crippen LogP contribution in [0.25, 0.3) is 0 Å². The molecular weight excluding hydrogens is 757 g/mol. The van der Waals surface area contributed by atoms with Crippen LogP contribution in [-0.2, 0) is 20.6 Å². The fourth-order valence-corrected chi connectivity index (χ4v) is 12.8. The molecule has 6 heteroatoms. The van der Waals surface area contributed by atoms with Crippen molar-refractivity contribution in [2.24, 2.45) is 17.8 Å². The van der Waals surface area contributed by atoms with E-state index in [1.807, 2.05) is 36.4 Å². The van der Waals surface area contributed by atoms with Gasteiger partial charge in [-0.3, -0.25) is 0 Å². The van der Waals surface area contributed by atoms with Crippen molar-refractivity contribution in [1.82, 2.24) is 0 Å². The van der Waals surface area contributed by atoms with E-state index in [0.29, 0.717) is 18.1 Å². The molecule has 0 fully saturated rings. The summed E-state index contributed by atoms with van der Waals surface area (Å²) in [6, 6.07) is 39.9. The van der Waals surface area contributed by atoms with Crippen LogP contribution >= 0.6 is 0 Å². The lowest BCUT2D eigenvalue weighted by Gasteiger charge is -2.39. The number of carboxylic acid groups (broad SMARTS) is 1. The Morgan fingerprint density at radius 3 is 1.65 bits per heavy atom. The van der Waals surface area contributed by atoms with Crippen LogP contribution in [0, 0.1) is 17.8 Å². The van der Waals surface area contributed by atoms with Gasteiger partial charge in [-0.15, -0.1) is 0 Å². The van der Waals surface area contributed by atoms with Gasteiger partial charge in [-0.25, -0.2) is 4.79 Å². The van der Waals surface area contributed by atoms with Gasteiger partial charge in [0.15, 0.2) is 0 Å². The van der Waals surface area contributed by atoms with E-state index in [2.05, 4.69) is 139 Å². The molecule has 0 saturated carbocycles. The smallest absolute Gasteiger partial charge is 0.330 e. The first-order chi connectivity index (χ1) is 29.0. The maximum absolute atomic E-state index is 12.2. The van der Waals surface area contributed by atoms with E-state index >= 15 is 0 Å². The second-order valence-electron chi connectivity index (χ2n) is 16.9. The molecule has 5 atom stereocenters. The number of benzene rings is 4. The van der Waals surface area contributed by atoms with Gasteiger partial charge in [-0.1, -0.05) is 206 Å². The molecule has 0 aromatic heterocycles. The average Bonchev–Trinajstić information content (AvgIpc) is 3.26. The van der Waals surface area contributed by atoms with Crippen LogP contribution in [0.3, 0.4) is 0 Å². The molecule has 0 aliphatic heterocycles. The van der Waals surface area contributed by atoms with Gasteiger partial charge < -0.3 is 19.0 Å². The van der Waals surface area contributed by atoms with Crippen molar-refractivity contribution in [2.45, 2.75) is 125 Å². The van der Waals surface area contributed by atoms with Gasteiger partial charge in [-0.2, -0.15) is 0 Å². The molecule has 322 valence electrons. The molecular formula is C54H72O5Si. The normalized spacial score (nSPS) is 15.2. The second kappa shape index (κ2) is 25.3. The number of aliphatic carboxylic acids is 1. The third-order valence-electron chi connectivity index (χ3n) is 11.8. The Hall–Kier alpha value is -4.49. The molecule has 60 heavy (non-hydrogen) atoms. The Bertz CT molecular complexity index is 1820. The minimum absolute atomic E-state index is 0.0294. The van der Waals surface area contributed by atoms with Crippen LogP contribution in [0.5, 0.6) is 5.75 Å². The summed E-state index contributed by atoms with van der Waals surface area (Å²) in [5, 5.41) is 13.4. The maximum Gasteiger partial charge on any atom is 0.330 e. The van der Waals surface area contributed by atoms with Crippen LogP contribution in [0.4, 0.5) is 0 Å². The minimum atomic E-state index is -3.15. The molecule has 0 radical (unpaired) electrons. The van der Waals surface area contributed by atoms with E-state index < -0.39 is 20.4 Å². The summed E-state index contributed by atoms with van der Waals surface area (Å²) >= 11 is 0. The summed E-state index contributed by atoms with van der Waals surface area (Å²) in [7, 11) is -1.46. The highest BCUT2D eigenvalue weighted by atomic mass is 28.4. The Kier molecular flexibility index (Phi) is 20.3. The zero-order chi connectivity index (χ0) is 43.3. The third-order valence-corrected chi connectivity index (χ3v) is 15.8. The maximum atomic E-state index is 12.2. The number of unbranched alkanes of at least 4 members (excludes halogenated alkanes) is 7. The number of hydrogen-bond acceptors (Lipinski definition) is 4. The highest BCUT2D eigenvalue weighted by Crippen LogP contribution is 2.29. The fraction of sp³-hybridized carbons (Fsp3) is 0.426. The quantitative estimate of drug-likeness (QED) is 0.0225. The molecule has 0 aliphatic carbocycles. The molecule has 0 unspecified atom stereocenters. The van der Waals surface area contributed by atoms with Crippen molar-refractivity contribution < 1.29 is 23.8 Å². The topological polar surface area (TPSA) is 65.0 Å². The third kappa shape index (κ3) is 14.3. The Balaban J connectivity index is 1.70. The summed E-state index contributed by atoms with van der Waals surface area (Å²) < 4.78 is 20.0. The molecule has 1 N–H and O–H groups in total. The van der Waals surface area contributed by atoms with E-state index in [4.69, 9.17) is 13.9 Å². The number of hydrogen-bond donors (Lipinski definition) is 1. The van der Waals surface area contributed by atoms with Crippen LogP contribution in [0.1, 0.15) is 112 Å². The SMILES string of the molecule is CCCCCCCCCC[C@H](C)[C@@H](OCc1ccc(OC)cc1)[C@@H](C)/C=C(C)/C=C(\C)[C@H](O[Si](c1ccccc1)(c1ccccc1)c1ccccc1)[C@H](C)/C=C(\C)C(=O)O. The molecule has 5 nitrogen and oxygen atoms in total. The van der Waals surface area contributed by atoms with Crippen LogP contribution in [-0.4, -0.2) is 38.7 Å². The number of carboxylic acids is 1. The zero-order valence-electron chi connectivity index (χ0n) is 37.7.